The van der Waals surface area contributed by atoms with Crippen molar-refractivity contribution in [3.8, 4) is 0 Å². The topological polar surface area (TPSA) is 51.0 Å². The van der Waals surface area contributed by atoms with Gasteiger partial charge < -0.3 is 9.47 Å². The summed E-state index contributed by atoms with van der Waals surface area (Å²) < 4.78 is 41.6. The van der Waals surface area contributed by atoms with Crippen LogP contribution in [0.2, 0.25) is 0 Å². The average molecular weight is 296 g/mol. The predicted octanol–water partition coefficient (Wildman–Crippen LogP) is 1.66. The SMILES string of the molecule is Cc1nnc2n1CCN(C(=O)c1ccc(F)c(F)c1F)C2. The molecule has 1 aliphatic heterocycles. The predicted molar refractivity (Wildman–Crippen MR) is 65.8 cm³/mol. The lowest BCUT2D eigenvalue weighted by molar-refractivity contribution is 0.0700. The minimum absolute atomic E-state index is 0.151. The van der Waals surface area contributed by atoms with E-state index in [1.54, 1.807) is 6.92 Å². The largest absolute Gasteiger partial charge is 0.329 e. The van der Waals surface area contributed by atoms with E-state index in [0.29, 0.717) is 18.9 Å². The van der Waals surface area contributed by atoms with E-state index in [1.807, 2.05) is 4.57 Å². The van der Waals surface area contributed by atoms with Crippen LogP contribution >= 0.6 is 0 Å². The molecule has 0 N–H and O–H groups in total. The maximum Gasteiger partial charge on any atom is 0.257 e. The molecule has 2 aromatic rings. The molecule has 0 spiro atoms. The minimum Gasteiger partial charge on any atom is -0.329 e. The molecule has 1 aromatic heterocycles. The van der Waals surface area contributed by atoms with Crippen molar-refractivity contribution in [2.75, 3.05) is 6.54 Å². The van der Waals surface area contributed by atoms with Crippen LogP contribution in [0.3, 0.4) is 0 Å². The van der Waals surface area contributed by atoms with E-state index in [1.165, 1.54) is 4.90 Å². The first-order chi connectivity index (χ1) is 9.99. The van der Waals surface area contributed by atoms with Gasteiger partial charge in [-0.25, -0.2) is 13.2 Å². The van der Waals surface area contributed by atoms with Gasteiger partial charge in [0.05, 0.1) is 12.1 Å². The van der Waals surface area contributed by atoms with Gasteiger partial charge in [0.1, 0.15) is 5.82 Å². The Morgan fingerprint density at radius 3 is 2.67 bits per heavy atom. The quantitative estimate of drug-likeness (QED) is 0.752. The van der Waals surface area contributed by atoms with Crippen molar-refractivity contribution >= 4 is 5.91 Å². The molecular formula is C13H11F3N4O. The highest BCUT2D eigenvalue weighted by Gasteiger charge is 2.27. The average Bonchev–Trinajstić information content (AvgIpc) is 2.85. The van der Waals surface area contributed by atoms with Gasteiger partial charge in [0.25, 0.3) is 5.91 Å². The smallest absolute Gasteiger partial charge is 0.257 e. The minimum atomic E-state index is -1.64. The van der Waals surface area contributed by atoms with E-state index in [0.717, 1.165) is 18.0 Å². The zero-order valence-electron chi connectivity index (χ0n) is 11.1. The Bertz CT molecular complexity index is 728. The summed E-state index contributed by atoms with van der Waals surface area (Å²) in [5.74, 6) is -3.82. The van der Waals surface area contributed by atoms with Crippen LogP contribution in [-0.4, -0.2) is 32.1 Å². The lowest BCUT2D eigenvalue weighted by Crippen LogP contribution is -2.39. The molecule has 0 aliphatic carbocycles. The van der Waals surface area contributed by atoms with Gasteiger partial charge in [-0.1, -0.05) is 0 Å². The molecule has 8 heteroatoms. The summed E-state index contributed by atoms with van der Waals surface area (Å²) in [5.41, 5.74) is -0.487. The second kappa shape index (κ2) is 4.87. The monoisotopic (exact) mass is 296 g/mol. The molecule has 2 heterocycles. The summed E-state index contributed by atoms with van der Waals surface area (Å²) in [6, 6.07) is 1.68. The third kappa shape index (κ3) is 2.16. The van der Waals surface area contributed by atoms with Crippen LogP contribution in [0.1, 0.15) is 22.0 Å². The Balaban J connectivity index is 1.89. The van der Waals surface area contributed by atoms with E-state index in [9.17, 15) is 18.0 Å². The first-order valence-corrected chi connectivity index (χ1v) is 6.30. The molecule has 0 radical (unpaired) electrons. The zero-order valence-corrected chi connectivity index (χ0v) is 11.1. The highest BCUT2D eigenvalue weighted by Crippen LogP contribution is 2.20. The van der Waals surface area contributed by atoms with Crippen LogP contribution in [0.5, 0.6) is 0 Å². The fraction of sp³-hybridized carbons (Fsp3) is 0.308. The zero-order chi connectivity index (χ0) is 15.1. The van der Waals surface area contributed by atoms with Crippen LogP contribution in [0.25, 0.3) is 0 Å². The van der Waals surface area contributed by atoms with Crippen LogP contribution in [0, 0.1) is 24.4 Å². The van der Waals surface area contributed by atoms with Crippen molar-refractivity contribution in [3.63, 3.8) is 0 Å². The van der Waals surface area contributed by atoms with Gasteiger partial charge in [-0.15, -0.1) is 10.2 Å². The standard InChI is InChI=1S/C13H11F3N4O/c1-7-17-18-10-6-19(4-5-20(7)10)13(21)8-2-3-9(14)12(16)11(8)15/h2-3H,4-6H2,1H3. The highest BCUT2D eigenvalue weighted by molar-refractivity contribution is 5.94. The van der Waals surface area contributed by atoms with Gasteiger partial charge in [-0.2, -0.15) is 0 Å². The maximum absolute atomic E-state index is 13.7. The highest BCUT2D eigenvalue weighted by atomic mass is 19.2. The fourth-order valence-electron chi connectivity index (χ4n) is 2.34. The molecular weight excluding hydrogens is 285 g/mol. The van der Waals surface area contributed by atoms with Gasteiger partial charge in [0.2, 0.25) is 0 Å². The molecule has 0 atom stereocenters. The van der Waals surface area contributed by atoms with Crippen molar-refractivity contribution in [1.82, 2.24) is 19.7 Å². The summed E-state index contributed by atoms with van der Waals surface area (Å²) in [4.78, 5) is 13.6. The Labute approximate surface area is 118 Å². The van der Waals surface area contributed by atoms with Crippen molar-refractivity contribution in [1.29, 1.82) is 0 Å². The first kappa shape index (κ1) is 13.6. The van der Waals surface area contributed by atoms with Gasteiger partial charge in [-0.3, -0.25) is 4.79 Å². The summed E-state index contributed by atoms with van der Waals surface area (Å²) in [6.07, 6.45) is 0. The molecule has 21 heavy (non-hydrogen) atoms. The Morgan fingerprint density at radius 1 is 1.14 bits per heavy atom. The maximum atomic E-state index is 13.7. The molecule has 110 valence electrons. The van der Waals surface area contributed by atoms with Crippen LogP contribution < -0.4 is 0 Å². The second-order valence-electron chi connectivity index (χ2n) is 4.76. The fourth-order valence-corrected chi connectivity index (χ4v) is 2.34. The first-order valence-electron chi connectivity index (χ1n) is 6.30. The van der Waals surface area contributed by atoms with E-state index in [4.69, 9.17) is 0 Å². The number of aromatic nitrogens is 3. The summed E-state index contributed by atoms with van der Waals surface area (Å²) >= 11 is 0. The molecule has 0 fully saturated rings. The molecule has 0 saturated heterocycles. The molecule has 5 nitrogen and oxygen atoms in total. The van der Waals surface area contributed by atoms with Crippen LogP contribution in [-0.2, 0) is 13.1 Å². The number of hydrogen-bond acceptors (Lipinski definition) is 3. The Hall–Kier alpha value is -2.38. The van der Waals surface area contributed by atoms with Gasteiger partial charge in [0, 0.05) is 13.1 Å². The number of aryl methyl sites for hydroxylation is 1. The third-order valence-electron chi connectivity index (χ3n) is 3.49. The molecule has 3 rings (SSSR count). The van der Waals surface area contributed by atoms with Crippen LogP contribution in [0.4, 0.5) is 13.2 Å². The van der Waals surface area contributed by atoms with E-state index in [-0.39, 0.29) is 6.54 Å². The number of benzene rings is 1. The molecule has 1 aliphatic rings. The Morgan fingerprint density at radius 2 is 1.90 bits per heavy atom. The number of rotatable bonds is 1. The molecule has 0 bridgehead atoms. The van der Waals surface area contributed by atoms with E-state index >= 15 is 0 Å². The number of carbonyl (C=O) groups is 1. The van der Waals surface area contributed by atoms with Gasteiger partial charge in [0.15, 0.2) is 23.3 Å². The lowest BCUT2D eigenvalue weighted by atomic mass is 10.1. The number of halogens is 3. The van der Waals surface area contributed by atoms with Crippen LogP contribution in [0.15, 0.2) is 12.1 Å². The lowest BCUT2D eigenvalue weighted by Gasteiger charge is -2.27. The van der Waals surface area contributed by atoms with Crippen molar-refractivity contribution in [3.05, 3.63) is 46.8 Å². The number of hydrogen-bond donors (Lipinski definition) is 0. The number of amides is 1. The summed E-state index contributed by atoms with van der Waals surface area (Å²) in [6.45, 7) is 2.75. The summed E-state index contributed by atoms with van der Waals surface area (Å²) in [5, 5.41) is 7.83. The van der Waals surface area contributed by atoms with Gasteiger partial charge >= 0.3 is 0 Å². The molecule has 0 saturated carbocycles. The van der Waals surface area contributed by atoms with Crippen molar-refractivity contribution < 1.29 is 18.0 Å². The van der Waals surface area contributed by atoms with E-state index in [2.05, 4.69) is 10.2 Å². The molecule has 1 aromatic carbocycles. The summed E-state index contributed by atoms with van der Waals surface area (Å²) in [7, 11) is 0. The molecule has 0 unspecified atom stereocenters. The Kier molecular flexibility index (Phi) is 3.15. The van der Waals surface area contributed by atoms with Gasteiger partial charge in [-0.05, 0) is 19.1 Å². The second-order valence-corrected chi connectivity index (χ2v) is 4.76. The van der Waals surface area contributed by atoms with E-state index < -0.39 is 28.9 Å². The number of fused-ring (bicyclic) bond motifs is 1. The normalized spacial score (nSPS) is 14.2. The number of nitrogens with zero attached hydrogens (tertiary/aromatic N) is 4. The molecule has 1 amide bonds. The van der Waals surface area contributed by atoms with Crippen molar-refractivity contribution in [2.45, 2.75) is 20.0 Å². The van der Waals surface area contributed by atoms with Crippen molar-refractivity contribution in [2.24, 2.45) is 0 Å². The number of carbonyl (C=O) groups excluding carboxylic acids is 1. The third-order valence-corrected chi connectivity index (χ3v) is 3.49.